The maximum Gasteiger partial charge on any atom is 0.416 e. The molecule has 0 aliphatic carbocycles. The molecule has 4 aromatic rings. The maximum atomic E-state index is 13.6. The molecule has 0 radical (unpaired) electrons. The van der Waals surface area contributed by atoms with Crippen LogP contribution in [0.15, 0.2) is 101 Å². The Morgan fingerprint density at radius 1 is 1.07 bits per heavy atom. The summed E-state index contributed by atoms with van der Waals surface area (Å²) in [6.07, 6.45) is 2.23. The normalized spacial score (nSPS) is 20.2. The first kappa shape index (κ1) is 29.4. The summed E-state index contributed by atoms with van der Waals surface area (Å²) in [7, 11) is 0. The minimum absolute atomic E-state index is 0.0251. The minimum Gasteiger partial charge on any atom is -0.492 e. The largest absolute Gasteiger partial charge is 0.492 e. The van der Waals surface area contributed by atoms with Gasteiger partial charge in [0.05, 0.1) is 28.1 Å². The van der Waals surface area contributed by atoms with E-state index < -0.39 is 12.0 Å². The van der Waals surface area contributed by atoms with Crippen molar-refractivity contribution in [3.63, 3.8) is 0 Å². The summed E-state index contributed by atoms with van der Waals surface area (Å²) in [4.78, 5) is 43.2. The molecule has 0 saturated carbocycles. The van der Waals surface area contributed by atoms with E-state index in [1.165, 1.54) is 11.2 Å². The number of cyclic esters (lactones) is 1. The van der Waals surface area contributed by atoms with Crippen LogP contribution >= 0.6 is 11.8 Å². The predicted molar refractivity (Wildman–Crippen MR) is 166 cm³/mol. The fourth-order valence-corrected chi connectivity index (χ4v) is 6.59. The average molecular weight is 610 g/mol. The summed E-state index contributed by atoms with van der Waals surface area (Å²) < 4.78 is 16.5. The van der Waals surface area contributed by atoms with Crippen molar-refractivity contribution >= 4 is 35.1 Å². The van der Waals surface area contributed by atoms with Crippen molar-refractivity contribution in [3.8, 4) is 5.75 Å². The van der Waals surface area contributed by atoms with Gasteiger partial charge in [0, 0.05) is 29.5 Å². The Hall–Kier alpha value is -4.70. The smallest absolute Gasteiger partial charge is 0.416 e. The van der Waals surface area contributed by atoms with Crippen molar-refractivity contribution in [1.29, 1.82) is 0 Å². The van der Waals surface area contributed by atoms with Gasteiger partial charge in [0.25, 0.3) is 0 Å². The lowest BCUT2D eigenvalue weighted by molar-refractivity contribution is -0.129. The zero-order valence-electron chi connectivity index (χ0n) is 24.1. The zero-order chi connectivity index (χ0) is 30.5. The number of nitrogens with zero attached hydrogens (tertiary/aromatic N) is 3. The summed E-state index contributed by atoms with van der Waals surface area (Å²) in [6, 6.07) is 26.2. The first-order chi connectivity index (χ1) is 21.5. The number of hydrogen-bond donors (Lipinski definition) is 0. The summed E-state index contributed by atoms with van der Waals surface area (Å²) in [5.41, 5.74) is 4.09. The number of thioether (sulfide) groups is 1. The van der Waals surface area contributed by atoms with Crippen LogP contribution in [0.2, 0.25) is 0 Å². The van der Waals surface area contributed by atoms with Crippen molar-refractivity contribution in [1.82, 2.24) is 10.1 Å². The van der Waals surface area contributed by atoms with Gasteiger partial charge in [-0.15, -0.1) is 0 Å². The molecule has 0 spiro atoms. The molecule has 2 unspecified atom stereocenters. The second-order valence-corrected chi connectivity index (χ2v) is 12.0. The lowest BCUT2D eigenvalue weighted by Crippen LogP contribution is -2.40. The van der Waals surface area contributed by atoms with E-state index in [0.717, 1.165) is 28.0 Å². The molecule has 3 aromatic carbocycles. The molecule has 4 atom stereocenters. The first-order valence-corrected chi connectivity index (χ1v) is 15.3. The Kier molecular flexibility index (Phi) is 8.88. The Balaban J connectivity index is 1.10. The molecule has 1 saturated heterocycles. The number of aliphatic imine (C=N–C) groups is 1. The topological polar surface area (TPSA) is 111 Å². The standard InChI is InChI=1S/C34H31N3O6S/c1-22-31(44-33(35-22)26-9-7-24(19-38)8-10-26)21-41-28-13-11-25(12-14-28)29(30-15-16-43-36-30)18-32(39)37-27(20-42-34(37)40)17-23-5-3-2-4-6-23/h2-16,19,22,27,29,31H,17-18,20-21H2,1H3/t22?,27-,29-,31?/m0/s1. The van der Waals surface area contributed by atoms with Crippen LogP contribution in [-0.4, -0.2) is 63.9 Å². The number of ether oxygens (including phenoxy) is 2. The third-order valence-corrected chi connectivity index (χ3v) is 9.25. The molecular formula is C34H31N3O6S. The van der Waals surface area contributed by atoms with Crippen LogP contribution in [0.1, 0.15) is 52.0 Å². The van der Waals surface area contributed by atoms with Gasteiger partial charge in [-0.25, -0.2) is 9.69 Å². The molecule has 6 rings (SSSR count). The molecule has 1 aromatic heterocycles. The summed E-state index contributed by atoms with van der Waals surface area (Å²) >= 11 is 1.67. The Labute approximate surface area is 259 Å². The van der Waals surface area contributed by atoms with E-state index in [-0.39, 0.29) is 36.3 Å². The van der Waals surface area contributed by atoms with Crippen LogP contribution in [-0.2, 0) is 16.0 Å². The van der Waals surface area contributed by atoms with Gasteiger partial charge in [-0.1, -0.05) is 83.6 Å². The zero-order valence-corrected chi connectivity index (χ0v) is 24.9. The van der Waals surface area contributed by atoms with Crippen LogP contribution in [0.5, 0.6) is 5.75 Å². The minimum atomic E-state index is -0.622. The number of hydrogen-bond acceptors (Lipinski definition) is 9. The second-order valence-electron chi connectivity index (χ2n) is 10.8. The van der Waals surface area contributed by atoms with E-state index in [0.29, 0.717) is 30.0 Å². The molecule has 2 amide bonds. The van der Waals surface area contributed by atoms with Gasteiger partial charge < -0.3 is 14.0 Å². The Bertz CT molecular complexity index is 1620. The molecule has 0 N–H and O–H groups in total. The molecule has 2 aliphatic heterocycles. The van der Waals surface area contributed by atoms with Gasteiger partial charge in [0.15, 0.2) is 0 Å². The molecular weight excluding hydrogens is 578 g/mol. The van der Waals surface area contributed by atoms with Crippen LogP contribution < -0.4 is 4.74 Å². The van der Waals surface area contributed by atoms with E-state index in [4.69, 9.17) is 19.0 Å². The molecule has 9 nitrogen and oxygen atoms in total. The first-order valence-electron chi connectivity index (χ1n) is 14.4. The van der Waals surface area contributed by atoms with E-state index in [2.05, 4.69) is 12.1 Å². The third-order valence-electron chi connectivity index (χ3n) is 7.85. The van der Waals surface area contributed by atoms with Gasteiger partial charge in [-0.2, -0.15) is 0 Å². The van der Waals surface area contributed by atoms with E-state index in [9.17, 15) is 14.4 Å². The van der Waals surface area contributed by atoms with Crippen molar-refractivity contribution in [3.05, 3.63) is 119 Å². The van der Waals surface area contributed by atoms with Crippen LogP contribution in [0.25, 0.3) is 0 Å². The molecule has 3 heterocycles. The molecule has 0 bridgehead atoms. The molecule has 10 heteroatoms. The van der Waals surface area contributed by atoms with Gasteiger partial charge >= 0.3 is 6.09 Å². The summed E-state index contributed by atoms with van der Waals surface area (Å²) in [6.45, 7) is 2.70. The highest BCUT2D eigenvalue weighted by Gasteiger charge is 2.39. The number of benzene rings is 3. The highest BCUT2D eigenvalue weighted by Crippen LogP contribution is 2.33. The SMILES string of the molecule is CC1N=C(c2ccc(C=O)cc2)SC1COc1ccc([C@H](CC(=O)N2C(=O)OC[C@@H]2Cc2ccccc2)c2ccon2)cc1. The number of imide groups is 1. The summed E-state index contributed by atoms with van der Waals surface area (Å²) in [5, 5.41) is 5.19. The van der Waals surface area contributed by atoms with E-state index in [1.807, 2.05) is 66.7 Å². The van der Waals surface area contributed by atoms with Crippen molar-refractivity contribution in [2.24, 2.45) is 4.99 Å². The number of carbonyl (C=O) groups is 3. The van der Waals surface area contributed by atoms with Gasteiger partial charge in [-0.3, -0.25) is 14.6 Å². The third kappa shape index (κ3) is 6.60. The maximum absolute atomic E-state index is 13.6. The number of aldehydes is 1. The molecule has 224 valence electrons. The monoisotopic (exact) mass is 609 g/mol. The van der Waals surface area contributed by atoms with Crippen LogP contribution in [0.4, 0.5) is 4.79 Å². The second kappa shape index (κ2) is 13.3. The van der Waals surface area contributed by atoms with Crippen molar-refractivity contribution in [2.75, 3.05) is 13.2 Å². The Morgan fingerprint density at radius 3 is 2.55 bits per heavy atom. The van der Waals surface area contributed by atoms with Crippen LogP contribution in [0.3, 0.4) is 0 Å². The van der Waals surface area contributed by atoms with Gasteiger partial charge in [0.1, 0.15) is 31.5 Å². The lowest BCUT2D eigenvalue weighted by Gasteiger charge is -2.22. The molecule has 44 heavy (non-hydrogen) atoms. The fraction of sp³-hybridized carbons (Fsp3) is 0.265. The Morgan fingerprint density at radius 2 is 1.84 bits per heavy atom. The highest BCUT2D eigenvalue weighted by atomic mass is 32.2. The van der Waals surface area contributed by atoms with E-state index >= 15 is 0 Å². The van der Waals surface area contributed by atoms with Crippen molar-refractivity contribution < 1.29 is 28.4 Å². The fourth-order valence-electron chi connectivity index (χ4n) is 5.41. The summed E-state index contributed by atoms with van der Waals surface area (Å²) in [5.74, 6) is -0.0553. The molecule has 2 aliphatic rings. The van der Waals surface area contributed by atoms with E-state index in [1.54, 1.807) is 30.0 Å². The van der Waals surface area contributed by atoms with Crippen molar-refractivity contribution in [2.45, 2.75) is 43.0 Å². The molecule has 1 fully saturated rings. The highest BCUT2D eigenvalue weighted by molar-refractivity contribution is 8.15. The lowest BCUT2D eigenvalue weighted by atomic mass is 9.91. The average Bonchev–Trinajstić information content (AvgIpc) is 3.80. The number of amides is 2. The van der Waals surface area contributed by atoms with Crippen LogP contribution in [0, 0.1) is 0 Å². The quantitative estimate of drug-likeness (QED) is 0.193. The number of rotatable bonds is 11. The predicted octanol–water partition coefficient (Wildman–Crippen LogP) is 5.93. The van der Waals surface area contributed by atoms with Gasteiger partial charge in [0.2, 0.25) is 5.91 Å². The number of aromatic nitrogens is 1. The van der Waals surface area contributed by atoms with Gasteiger partial charge in [-0.05, 0) is 36.6 Å². The number of carbonyl (C=O) groups excluding carboxylic acids is 3.